The molecule has 3 unspecified atom stereocenters. The maximum atomic E-state index is 11.6. The van der Waals surface area contributed by atoms with Gasteiger partial charge in [-0.15, -0.1) is 0 Å². The third-order valence-corrected chi connectivity index (χ3v) is 7.71. The maximum Gasteiger partial charge on any atom is 0.119 e. The van der Waals surface area contributed by atoms with E-state index >= 15 is 0 Å². The highest BCUT2D eigenvalue weighted by Gasteiger charge is 2.30. The van der Waals surface area contributed by atoms with Crippen molar-refractivity contribution in [2.45, 2.75) is 77.0 Å². The Morgan fingerprint density at radius 2 is 0.838 bits per heavy atom. The van der Waals surface area contributed by atoms with E-state index in [1.807, 2.05) is 6.07 Å². The van der Waals surface area contributed by atoms with Crippen molar-refractivity contribution in [3.8, 4) is 5.75 Å². The molecule has 1 N–H and O–H groups in total. The van der Waals surface area contributed by atoms with Crippen LogP contribution in [0.25, 0.3) is 0 Å². The van der Waals surface area contributed by atoms with Gasteiger partial charge in [-0.3, -0.25) is 0 Å². The molecule has 37 heavy (non-hydrogen) atoms. The van der Waals surface area contributed by atoms with Crippen molar-refractivity contribution < 1.29 is 5.11 Å². The van der Waals surface area contributed by atoms with Crippen LogP contribution in [0.3, 0.4) is 0 Å². The molecular weight excluding hydrogens is 448 g/mol. The average molecular weight is 491 g/mol. The van der Waals surface area contributed by atoms with E-state index < -0.39 is 0 Å². The van der Waals surface area contributed by atoms with Crippen LogP contribution in [0.5, 0.6) is 5.75 Å². The zero-order valence-corrected chi connectivity index (χ0v) is 22.7. The minimum Gasteiger partial charge on any atom is -0.508 e. The van der Waals surface area contributed by atoms with Crippen LogP contribution in [0, 0.1) is 0 Å². The predicted octanol–water partition coefficient (Wildman–Crippen LogP) is 10.2. The van der Waals surface area contributed by atoms with Crippen molar-refractivity contribution in [1.82, 2.24) is 0 Å². The van der Waals surface area contributed by atoms with Gasteiger partial charge in [-0.1, -0.05) is 137 Å². The van der Waals surface area contributed by atoms with Crippen LogP contribution < -0.4 is 0 Å². The highest BCUT2D eigenvalue weighted by atomic mass is 16.3. The summed E-state index contributed by atoms with van der Waals surface area (Å²) in [6.07, 6.45) is 6.39. The molecular formula is C36H42O. The average Bonchev–Trinajstić information content (AvgIpc) is 2.95. The fraction of sp³-hybridized carbons (Fsp3) is 0.333. The van der Waals surface area contributed by atoms with Gasteiger partial charge in [0.15, 0.2) is 0 Å². The summed E-state index contributed by atoms with van der Waals surface area (Å²) in [4.78, 5) is 0. The Morgan fingerprint density at radius 1 is 0.459 bits per heavy atom. The third-order valence-electron chi connectivity index (χ3n) is 7.71. The smallest absolute Gasteiger partial charge is 0.119 e. The van der Waals surface area contributed by atoms with Crippen LogP contribution in [-0.2, 0) is 0 Å². The van der Waals surface area contributed by atoms with Gasteiger partial charge in [0.1, 0.15) is 5.75 Å². The van der Waals surface area contributed by atoms with Gasteiger partial charge >= 0.3 is 0 Å². The first-order valence-corrected chi connectivity index (χ1v) is 14.2. The maximum absolute atomic E-state index is 11.6. The SMILES string of the molecule is CCCC(c1ccccc1)c1ccc(O)c(C(CCC)c2ccccc2)c1C(CCC)c1ccccc1. The van der Waals surface area contributed by atoms with Gasteiger partial charge in [0.25, 0.3) is 0 Å². The molecule has 0 saturated heterocycles. The zero-order chi connectivity index (χ0) is 26.0. The molecule has 0 heterocycles. The second-order valence-electron chi connectivity index (χ2n) is 10.3. The number of phenolic OH excluding ortho intramolecular Hbond substituents is 1. The highest BCUT2D eigenvalue weighted by molar-refractivity contribution is 5.56. The molecule has 0 fully saturated rings. The van der Waals surface area contributed by atoms with E-state index in [0.717, 1.165) is 44.1 Å². The molecule has 0 aliphatic carbocycles. The molecule has 4 aromatic carbocycles. The summed E-state index contributed by atoms with van der Waals surface area (Å²) < 4.78 is 0. The molecule has 0 aliphatic heterocycles. The number of rotatable bonds is 12. The van der Waals surface area contributed by atoms with Crippen LogP contribution in [0.1, 0.15) is 110 Å². The molecule has 0 aromatic heterocycles. The number of aromatic hydroxyl groups is 1. The monoisotopic (exact) mass is 490 g/mol. The topological polar surface area (TPSA) is 20.2 Å². The van der Waals surface area contributed by atoms with Gasteiger partial charge < -0.3 is 5.11 Å². The summed E-state index contributed by atoms with van der Waals surface area (Å²) in [5.74, 6) is 1.11. The lowest BCUT2D eigenvalue weighted by atomic mass is 9.72. The molecule has 0 spiro atoms. The highest BCUT2D eigenvalue weighted by Crippen LogP contribution is 2.47. The van der Waals surface area contributed by atoms with Crippen molar-refractivity contribution in [3.05, 3.63) is 137 Å². The molecule has 0 bridgehead atoms. The van der Waals surface area contributed by atoms with Crippen LogP contribution >= 0.6 is 0 Å². The van der Waals surface area contributed by atoms with Crippen LogP contribution in [0.4, 0.5) is 0 Å². The van der Waals surface area contributed by atoms with Crippen molar-refractivity contribution in [2.75, 3.05) is 0 Å². The van der Waals surface area contributed by atoms with E-state index in [1.54, 1.807) is 0 Å². The Hall–Kier alpha value is -3.32. The Labute approximate surface area is 224 Å². The van der Waals surface area contributed by atoms with Crippen LogP contribution in [0.15, 0.2) is 103 Å². The third kappa shape index (κ3) is 6.16. The van der Waals surface area contributed by atoms with Crippen molar-refractivity contribution in [2.24, 2.45) is 0 Å². The van der Waals surface area contributed by atoms with Gasteiger partial charge in [0, 0.05) is 23.3 Å². The lowest BCUT2D eigenvalue weighted by molar-refractivity contribution is 0.458. The van der Waals surface area contributed by atoms with Gasteiger partial charge in [0.2, 0.25) is 0 Å². The molecule has 4 aromatic rings. The summed E-state index contributed by atoms with van der Waals surface area (Å²) in [5, 5.41) is 11.6. The second kappa shape index (κ2) is 13.3. The first kappa shape index (κ1) is 26.7. The van der Waals surface area contributed by atoms with Crippen molar-refractivity contribution in [3.63, 3.8) is 0 Å². The Kier molecular flexibility index (Phi) is 9.60. The van der Waals surface area contributed by atoms with E-state index in [-0.39, 0.29) is 11.8 Å². The van der Waals surface area contributed by atoms with E-state index in [0.29, 0.717) is 11.7 Å². The first-order chi connectivity index (χ1) is 18.2. The zero-order valence-electron chi connectivity index (χ0n) is 22.7. The fourth-order valence-corrected chi connectivity index (χ4v) is 6.08. The number of phenols is 1. The van der Waals surface area contributed by atoms with E-state index in [4.69, 9.17) is 0 Å². The molecule has 0 radical (unpaired) electrons. The molecule has 0 saturated carbocycles. The molecule has 1 heteroatoms. The van der Waals surface area contributed by atoms with E-state index in [1.165, 1.54) is 27.8 Å². The number of hydrogen-bond acceptors (Lipinski definition) is 1. The second-order valence-corrected chi connectivity index (χ2v) is 10.3. The molecule has 192 valence electrons. The largest absolute Gasteiger partial charge is 0.508 e. The predicted molar refractivity (Wildman–Crippen MR) is 158 cm³/mol. The molecule has 1 nitrogen and oxygen atoms in total. The molecule has 3 atom stereocenters. The van der Waals surface area contributed by atoms with Gasteiger partial charge in [-0.05, 0) is 53.1 Å². The Balaban J connectivity index is 2.04. The van der Waals surface area contributed by atoms with Crippen LogP contribution in [0.2, 0.25) is 0 Å². The molecule has 4 rings (SSSR count). The van der Waals surface area contributed by atoms with Crippen molar-refractivity contribution in [1.29, 1.82) is 0 Å². The lowest BCUT2D eigenvalue weighted by Crippen LogP contribution is -2.16. The van der Waals surface area contributed by atoms with Gasteiger partial charge in [-0.25, -0.2) is 0 Å². The lowest BCUT2D eigenvalue weighted by Gasteiger charge is -2.32. The molecule has 0 amide bonds. The van der Waals surface area contributed by atoms with Crippen LogP contribution in [-0.4, -0.2) is 5.11 Å². The quantitative estimate of drug-likeness (QED) is 0.209. The summed E-state index contributed by atoms with van der Waals surface area (Å²) in [7, 11) is 0. The standard InChI is InChI=1S/C36H42O/c1-4-16-30(27-19-10-7-11-20-27)33-25-26-34(37)36(32(18-6-3)29-23-14-9-15-24-29)35(33)31(17-5-2)28-21-12-8-13-22-28/h7-15,19-26,30-32,37H,4-6,16-18H2,1-3H3. The summed E-state index contributed by atoms with van der Waals surface area (Å²) in [6, 6.07) is 36.9. The normalized spacial score (nSPS) is 13.7. The summed E-state index contributed by atoms with van der Waals surface area (Å²) in [6.45, 7) is 6.81. The minimum absolute atomic E-state index is 0.155. The summed E-state index contributed by atoms with van der Waals surface area (Å²) in [5.41, 5.74) is 7.83. The first-order valence-electron chi connectivity index (χ1n) is 14.2. The number of benzene rings is 4. The Morgan fingerprint density at radius 3 is 1.27 bits per heavy atom. The number of hydrogen-bond donors (Lipinski definition) is 1. The van der Waals surface area contributed by atoms with Gasteiger partial charge in [0.05, 0.1) is 0 Å². The van der Waals surface area contributed by atoms with Gasteiger partial charge in [-0.2, -0.15) is 0 Å². The fourth-order valence-electron chi connectivity index (χ4n) is 6.08. The minimum atomic E-state index is 0.155. The molecule has 0 aliphatic rings. The van der Waals surface area contributed by atoms with Crippen molar-refractivity contribution >= 4 is 0 Å². The van der Waals surface area contributed by atoms with E-state index in [2.05, 4.69) is 118 Å². The Bertz CT molecular complexity index is 1210. The van der Waals surface area contributed by atoms with E-state index in [9.17, 15) is 5.11 Å². The summed E-state index contributed by atoms with van der Waals surface area (Å²) >= 11 is 0.